The summed E-state index contributed by atoms with van der Waals surface area (Å²) in [6.07, 6.45) is 2.27. The van der Waals surface area contributed by atoms with Crippen LogP contribution in [0.15, 0.2) is 66.9 Å². The number of nitro benzene ring substituents is 1. The molecule has 0 saturated carbocycles. The number of non-ortho nitro benzene ring substituents is 1. The molecule has 2 amide bonds. The van der Waals surface area contributed by atoms with E-state index in [1.807, 2.05) is 0 Å². The van der Waals surface area contributed by atoms with Gasteiger partial charge >= 0.3 is 0 Å². The van der Waals surface area contributed by atoms with Gasteiger partial charge in [-0.1, -0.05) is 24.3 Å². The number of nitrogens with one attached hydrogen (secondary N) is 2. The molecule has 31 heavy (non-hydrogen) atoms. The van der Waals surface area contributed by atoms with Crippen LogP contribution in [0.3, 0.4) is 0 Å². The maximum absolute atomic E-state index is 12.3. The van der Waals surface area contributed by atoms with Gasteiger partial charge in [0.25, 0.3) is 11.6 Å². The average Bonchev–Trinajstić information content (AvgIpc) is 2.77. The van der Waals surface area contributed by atoms with Crippen LogP contribution in [0.2, 0.25) is 0 Å². The smallest absolute Gasteiger partial charge is 0.269 e. The molecule has 1 heterocycles. The van der Waals surface area contributed by atoms with Crippen molar-refractivity contribution in [2.24, 2.45) is 0 Å². The van der Waals surface area contributed by atoms with E-state index in [1.54, 1.807) is 48.5 Å². The number of nitro groups is 1. The highest BCUT2D eigenvalue weighted by molar-refractivity contribution is 6.04. The highest BCUT2D eigenvalue weighted by Crippen LogP contribution is 2.14. The summed E-state index contributed by atoms with van der Waals surface area (Å²) in [5.74, 6) is -0.0859. The monoisotopic (exact) mass is 419 g/mol. The summed E-state index contributed by atoms with van der Waals surface area (Å²) < 4.78 is 0. The van der Waals surface area contributed by atoms with Gasteiger partial charge in [0.15, 0.2) is 0 Å². The van der Waals surface area contributed by atoms with Gasteiger partial charge < -0.3 is 16.4 Å². The number of anilines is 2. The number of amides is 2. The lowest BCUT2D eigenvalue weighted by atomic mass is 10.1. The summed E-state index contributed by atoms with van der Waals surface area (Å²) in [7, 11) is 0. The molecule has 1 aromatic heterocycles. The largest absolute Gasteiger partial charge is 0.384 e. The third-order valence-electron chi connectivity index (χ3n) is 4.53. The summed E-state index contributed by atoms with van der Waals surface area (Å²) in [5.41, 5.74) is 8.37. The van der Waals surface area contributed by atoms with Gasteiger partial charge in [-0.3, -0.25) is 19.7 Å². The molecule has 0 unspecified atom stereocenters. The van der Waals surface area contributed by atoms with E-state index in [0.717, 1.165) is 11.1 Å². The van der Waals surface area contributed by atoms with Gasteiger partial charge in [0.05, 0.1) is 4.92 Å². The van der Waals surface area contributed by atoms with Crippen molar-refractivity contribution in [3.63, 3.8) is 0 Å². The Kier molecular flexibility index (Phi) is 6.89. The Morgan fingerprint density at radius 3 is 2.32 bits per heavy atom. The van der Waals surface area contributed by atoms with E-state index < -0.39 is 4.92 Å². The first-order valence-corrected chi connectivity index (χ1v) is 9.52. The quantitative estimate of drug-likeness (QED) is 0.379. The molecule has 4 N–H and O–H groups in total. The Morgan fingerprint density at radius 2 is 1.68 bits per heavy atom. The fourth-order valence-electron chi connectivity index (χ4n) is 2.83. The number of carbonyl (C=O) groups is 2. The molecule has 0 saturated heterocycles. The third-order valence-corrected chi connectivity index (χ3v) is 4.53. The normalized spacial score (nSPS) is 10.3. The number of rotatable bonds is 8. The molecule has 0 aliphatic heterocycles. The first-order chi connectivity index (χ1) is 14.9. The number of carbonyl (C=O) groups excluding carboxylic acids is 2. The number of nitrogen functional groups attached to an aromatic ring is 1. The van der Waals surface area contributed by atoms with Crippen LogP contribution < -0.4 is 16.4 Å². The SMILES string of the molecule is Nc1cc(NC(=O)c2ccc(CNC(=O)CCc3ccc([N+](=O)[O-])cc3)cc2)ccn1. The van der Waals surface area contributed by atoms with Crippen molar-refractivity contribution in [1.82, 2.24) is 10.3 Å². The lowest BCUT2D eigenvalue weighted by Gasteiger charge is -2.08. The number of aromatic nitrogens is 1. The number of pyridine rings is 1. The van der Waals surface area contributed by atoms with Gasteiger partial charge in [-0.05, 0) is 35.7 Å². The lowest BCUT2D eigenvalue weighted by molar-refractivity contribution is -0.384. The molecule has 3 aromatic rings. The maximum atomic E-state index is 12.3. The molecule has 158 valence electrons. The zero-order chi connectivity index (χ0) is 22.2. The molecule has 0 spiro atoms. The topological polar surface area (TPSA) is 140 Å². The van der Waals surface area contributed by atoms with Gasteiger partial charge in [0.1, 0.15) is 5.82 Å². The van der Waals surface area contributed by atoms with Crippen LogP contribution >= 0.6 is 0 Å². The minimum atomic E-state index is -0.458. The Labute approximate surface area is 178 Å². The number of nitrogens with two attached hydrogens (primary N) is 1. The number of nitrogens with zero attached hydrogens (tertiary/aromatic N) is 2. The zero-order valence-corrected chi connectivity index (χ0v) is 16.6. The van der Waals surface area contributed by atoms with Gasteiger partial charge in [-0.15, -0.1) is 0 Å². The van der Waals surface area contributed by atoms with Crippen LogP contribution in [-0.4, -0.2) is 21.7 Å². The first kappa shape index (κ1) is 21.4. The summed E-state index contributed by atoms with van der Waals surface area (Å²) in [5, 5.41) is 16.2. The lowest BCUT2D eigenvalue weighted by Crippen LogP contribution is -2.23. The van der Waals surface area contributed by atoms with Gasteiger partial charge in [0.2, 0.25) is 5.91 Å². The molecule has 2 aromatic carbocycles. The minimum absolute atomic E-state index is 0.0234. The van der Waals surface area contributed by atoms with Crippen molar-refractivity contribution in [1.29, 1.82) is 0 Å². The summed E-state index contributed by atoms with van der Waals surface area (Å²) >= 11 is 0. The average molecular weight is 419 g/mol. The van der Waals surface area contributed by atoms with E-state index in [9.17, 15) is 19.7 Å². The van der Waals surface area contributed by atoms with E-state index in [-0.39, 0.29) is 23.9 Å². The van der Waals surface area contributed by atoms with Crippen molar-refractivity contribution in [3.05, 3.63) is 93.7 Å². The highest BCUT2D eigenvalue weighted by atomic mass is 16.6. The number of hydrogen-bond acceptors (Lipinski definition) is 6. The molecule has 9 heteroatoms. The van der Waals surface area contributed by atoms with E-state index >= 15 is 0 Å². The fourth-order valence-corrected chi connectivity index (χ4v) is 2.83. The third kappa shape index (κ3) is 6.36. The number of hydrogen-bond donors (Lipinski definition) is 3. The van der Waals surface area contributed by atoms with Crippen molar-refractivity contribution < 1.29 is 14.5 Å². The molecule has 0 fully saturated rings. The molecule has 0 radical (unpaired) electrons. The first-order valence-electron chi connectivity index (χ1n) is 9.52. The van der Waals surface area contributed by atoms with Gasteiger partial charge in [0, 0.05) is 48.6 Å². The standard InChI is InChI=1S/C22H21N5O4/c23-20-13-18(11-12-24-20)26-22(29)17-6-1-16(2-7-17)14-25-21(28)10-5-15-3-8-19(9-4-15)27(30)31/h1-4,6-9,11-13H,5,10,14H2,(H,25,28)(H3,23,24,26,29). The molecule has 0 bridgehead atoms. The Balaban J connectivity index is 1.45. The molecular formula is C22H21N5O4. The molecule has 3 rings (SSSR count). The number of benzene rings is 2. The minimum Gasteiger partial charge on any atom is -0.384 e. The molecule has 0 aliphatic carbocycles. The van der Waals surface area contributed by atoms with Gasteiger partial charge in [-0.25, -0.2) is 4.98 Å². The van der Waals surface area contributed by atoms with Crippen molar-refractivity contribution in [2.45, 2.75) is 19.4 Å². The Bertz CT molecular complexity index is 1080. The van der Waals surface area contributed by atoms with Crippen molar-refractivity contribution >= 4 is 29.0 Å². The van der Waals surface area contributed by atoms with Crippen molar-refractivity contribution in [2.75, 3.05) is 11.1 Å². The predicted molar refractivity (Wildman–Crippen MR) is 116 cm³/mol. The Morgan fingerprint density at radius 1 is 1.00 bits per heavy atom. The molecule has 0 aliphatic rings. The summed E-state index contributed by atoms with van der Waals surface area (Å²) in [6.45, 7) is 0.335. The van der Waals surface area contributed by atoms with Crippen molar-refractivity contribution in [3.8, 4) is 0 Å². The van der Waals surface area contributed by atoms with Gasteiger partial charge in [-0.2, -0.15) is 0 Å². The maximum Gasteiger partial charge on any atom is 0.269 e. The summed E-state index contributed by atoms with van der Waals surface area (Å²) in [4.78, 5) is 38.5. The zero-order valence-electron chi connectivity index (χ0n) is 16.6. The highest BCUT2D eigenvalue weighted by Gasteiger charge is 2.08. The van der Waals surface area contributed by atoms with E-state index in [4.69, 9.17) is 5.73 Å². The van der Waals surface area contributed by atoms with Crippen LogP contribution in [0.25, 0.3) is 0 Å². The predicted octanol–water partition coefficient (Wildman–Crippen LogP) is 3.07. The van der Waals surface area contributed by atoms with E-state index in [1.165, 1.54) is 18.3 Å². The molecule has 0 atom stereocenters. The van der Waals surface area contributed by atoms with E-state index in [2.05, 4.69) is 15.6 Å². The van der Waals surface area contributed by atoms with Crippen LogP contribution in [-0.2, 0) is 17.8 Å². The Hall–Kier alpha value is -4.27. The van der Waals surface area contributed by atoms with Crippen LogP contribution in [0.5, 0.6) is 0 Å². The second-order valence-corrected chi connectivity index (χ2v) is 6.82. The number of aryl methyl sites for hydroxylation is 1. The van der Waals surface area contributed by atoms with Crippen LogP contribution in [0, 0.1) is 10.1 Å². The van der Waals surface area contributed by atoms with E-state index in [0.29, 0.717) is 30.0 Å². The summed E-state index contributed by atoms with van der Waals surface area (Å²) in [6, 6.07) is 16.3. The fraction of sp³-hybridized carbons (Fsp3) is 0.136. The second-order valence-electron chi connectivity index (χ2n) is 6.82. The second kappa shape index (κ2) is 9.97. The van der Waals surface area contributed by atoms with Crippen LogP contribution in [0.4, 0.5) is 17.2 Å². The van der Waals surface area contributed by atoms with Crippen LogP contribution in [0.1, 0.15) is 27.9 Å². The molecular weight excluding hydrogens is 398 g/mol. The molecule has 9 nitrogen and oxygen atoms in total.